The van der Waals surface area contributed by atoms with E-state index in [0.717, 1.165) is 28.0 Å². The number of fused-ring (bicyclic) bond motifs is 1. The van der Waals surface area contributed by atoms with Gasteiger partial charge >= 0.3 is 5.97 Å². The maximum absolute atomic E-state index is 11.3. The minimum Gasteiger partial charge on any atom is -0.489 e. The number of rotatable bonds is 5. The number of nitrogens with one attached hydrogen (secondary N) is 1. The van der Waals surface area contributed by atoms with Gasteiger partial charge in [0.05, 0.1) is 5.56 Å². The third-order valence-electron chi connectivity index (χ3n) is 4.35. The van der Waals surface area contributed by atoms with Crippen molar-refractivity contribution in [3.05, 3.63) is 90.1 Å². The summed E-state index contributed by atoms with van der Waals surface area (Å²) in [5.74, 6) is -0.135. The van der Waals surface area contributed by atoms with E-state index < -0.39 is 5.97 Å². The second-order valence-corrected chi connectivity index (χ2v) is 6.07. The minimum atomic E-state index is -0.932. The molecule has 0 spiro atoms. The molecule has 0 atom stereocenters. The van der Waals surface area contributed by atoms with Crippen molar-refractivity contribution in [2.24, 2.45) is 0 Å². The van der Waals surface area contributed by atoms with Crippen molar-refractivity contribution in [3.63, 3.8) is 0 Å². The fraction of sp³-hybridized carbons (Fsp3) is 0.0455. The van der Waals surface area contributed by atoms with Crippen molar-refractivity contribution in [1.82, 2.24) is 4.98 Å². The molecule has 128 valence electrons. The zero-order chi connectivity index (χ0) is 17.9. The zero-order valence-corrected chi connectivity index (χ0v) is 14.0. The van der Waals surface area contributed by atoms with Gasteiger partial charge in [0.15, 0.2) is 0 Å². The van der Waals surface area contributed by atoms with Crippen molar-refractivity contribution >= 4 is 16.9 Å². The largest absolute Gasteiger partial charge is 0.489 e. The molecule has 0 radical (unpaired) electrons. The Balaban J connectivity index is 1.55. The van der Waals surface area contributed by atoms with E-state index in [1.54, 1.807) is 0 Å². The Labute approximate surface area is 150 Å². The molecule has 4 heteroatoms. The summed E-state index contributed by atoms with van der Waals surface area (Å²) in [6.45, 7) is 0.525. The van der Waals surface area contributed by atoms with Gasteiger partial charge in [0, 0.05) is 17.1 Å². The van der Waals surface area contributed by atoms with E-state index in [1.807, 2.05) is 72.8 Å². The molecule has 26 heavy (non-hydrogen) atoms. The lowest BCUT2D eigenvalue weighted by atomic mass is 10.0. The van der Waals surface area contributed by atoms with E-state index in [9.17, 15) is 9.90 Å². The maximum Gasteiger partial charge on any atom is 0.337 e. The first kappa shape index (κ1) is 16.0. The first-order valence-electron chi connectivity index (χ1n) is 8.32. The Bertz CT molecular complexity index is 1050. The van der Waals surface area contributed by atoms with Crippen LogP contribution >= 0.6 is 0 Å². The van der Waals surface area contributed by atoms with Gasteiger partial charge in [0.1, 0.15) is 12.4 Å². The van der Waals surface area contributed by atoms with Crippen LogP contribution in [0, 0.1) is 0 Å². The molecule has 0 aliphatic rings. The SMILES string of the molecule is O=C(O)c1c[nH]c2ccc(-c3ccc(OCc4ccccc4)cc3)cc12. The predicted octanol–water partition coefficient (Wildman–Crippen LogP) is 5.11. The van der Waals surface area contributed by atoms with Crippen molar-refractivity contribution < 1.29 is 14.6 Å². The second-order valence-electron chi connectivity index (χ2n) is 6.07. The Morgan fingerprint density at radius 1 is 0.923 bits per heavy atom. The van der Waals surface area contributed by atoms with Gasteiger partial charge in [-0.3, -0.25) is 0 Å². The van der Waals surface area contributed by atoms with Crippen LogP contribution in [0.5, 0.6) is 5.75 Å². The van der Waals surface area contributed by atoms with Crippen LogP contribution in [0.25, 0.3) is 22.0 Å². The Hall–Kier alpha value is -3.53. The van der Waals surface area contributed by atoms with Crippen molar-refractivity contribution in [1.29, 1.82) is 0 Å². The lowest BCUT2D eigenvalue weighted by Crippen LogP contribution is -1.95. The smallest absolute Gasteiger partial charge is 0.337 e. The van der Waals surface area contributed by atoms with Crippen LogP contribution in [-0.2, 0) is 6.61 Å². The van der Waals surface area contributed by atoms with E-state index in [4.69, 9.17) is 4.74 Å². The highest BCUT2D eigenvalue weighted by atomic mass is 16.5. The standard InChI is InChI=1S/C22H17NO3/c24-22(25)20-13-23-21-11-8-17(12-19(20)21)16-6-9-18(10-7-16)26-14-15-4-2-1-3-5-15/h1-13,23H,14H2,(H,24,25). The molecule has 1 heterocycles. The highest BCUT2D eigenvalue weighted by Crippen LogP contribution is 2.28. The quantitative estimate of drug-likeness (QED) is 0.529. The fourth-order valence-electron chi connectivity index (χ4n) is 2.96. The molecule has 0 saturated carbocycles. The molecule has 3 aromatic carbocycles. The molecule has 0 aliphatic heterocycles. The molecule has 4 aromatic rings. The van der Waals surface area contributed by atoms with Crippen LogP contribution in [-0.4, -0.2) is 16.1 Å². The summed E-state index contributed by atoms with van der Waals surface area (Å²) < 4.78 is 5.81. The van der Waals surface area contributed by atoms with Gasteiger partial charge in [0.25, 0.3) is 0 Å². The number of ether oxygens (including phenoxy) is 1. The van der Waals surface area contributed by atoms with E-state index in [2.05, 4.69) is 4.98 Å². The van der Waals surface area contributed by atoms with Crippen LogP contribution < -0.4 is 4.74 Å². The molecule has 4 rings (SSSR count). The molecule has 4 nitrogen and oxygen atoms in total. The van der Waals surface area contributed by atoms with E-state index >= 15 is 0 Å². The van der Waals surface area contributed by atoms with Crippen molar-refractivity contribution in [3.8, 4) is 16.9 Å². The van der Waals surface area contributed by atoms with Gasteiger partial charge in [-0.1, -0.05) is 48.5 Å². The van der Waals surface area contributed by atoms with Crippen LogP contribution in [0.4, 0.5) is 0 Å². The topological polar surface area (TPSA) is 62.3 Å². The Kier molecular flexibility index (Phi) is 4.15. The van der Waals surface area contributed by atoms with Gasteiger partial charge in [-0.15, -0.1) is 0 Å². The van der Waals surface area contributed by atoms with Gasteiger partial charge < -0.3 is 14.8 Å². The highest BCUT2D eigenvalue weighted by molar-refractivity contribution is 6.04. The number of benzene rings is 3. The molecule has 0 aliphatic carbocycles. The summed E-state index contributed by atoms with van der Waals surface area (Å²) >= 11 is 0. The number of hydrogen-bond donors (Lipinski definition) is 2. The predicted molar refractivity (Wildman–Crippen MR) is 101 cm³/mol. The van der Waals surface area contributed by atoms with Gasteiger partial charge in [-0.05, 0) is 41.0 Å². The molecular weight excluding hydrogens is 326 g/mol. The van der Waals surface area contributed by atoms with Crippen LogP contribution in [0.3, 0.4) is 0 Å². The number of carboxylic acids is 1. The number of hydrogen-bond acceptors (Lipinski definition) is 2. The molecule has 1 aromatic heterocycles. The molecule has 2 N–H and O–H groups in total. The fourth-order valence-corrected chi connectivity index (χ4v) is 2.96. The van der Waals surface area contributed by atoms with Crippen LogP contribution in [0.15, 0.2) is 79.0 Å². The molecular formula is C22H17NO3. The number of aromatic nitrogens is 1. The van der Waals surface area contributed by atoms with Crippen LogP contribution in [0.2, 0.25) is 0 Å². The maximum atomic E-state index is 11.3. The first-order valence-corrected chi connectivity index (χ1v) is 8.32. The summed E-state index contributed by atoms with van der Waals surface area (Å²) in [5, 5.41) is 9.99. The number of carbonyl (C=O) groups is 1. The van der Waals surface area contributed by atoms with Crippen molar-refractivity contribution in [2.45, 2.75) is 6.61 Å². The third-order valence-corrected chi connectivity index (χ3v) is 4.35. The Morgan fingerprint density at radius 2 is 1.65 bits per heavy atom. The summed E-state index contributed by atoms with van der Waals surface area (Å²) in [7, 11) is 0. The van der Waals surface area contributed by atoms with Gasteiger partial charge in [-0.2, -0.15) is 0 Å². The van der Waals surface area contributed by atoms with Gasteiger partial charge in [0.2, 0.25) is 0 Å². The molecule has 0 bridgehead atoms. The molecule has 0 fully saturated rings. The highest BCUT2D eigenvalue weighted by Gasteiger charge is 2.11. The lowest BCUT2D eigenvalue weighted by Gasteiger charge is -2.08. The first-order chi connectivity index (χ1) is 12.7. The number of aromatic carboxylic acids is 1. The van der Waals surface area contributed by atoms with Gasteiger partial charge in [-0.25, -0.2) is 4.79 Å². The third kappa shape index (κ3) is 3.17. The minimum absolute atomic E-state index is 0.282. The lowest BCUT2D eigenvalue weighted by molar-refractivity contribution is 0.0699. The van der Waals surface area contributed by atoms with Crippen molar-refractivity contribution in [2.75, 3.05) is 0 Å². The zero-order valence-electron chi connectivity index (χ0n) is 14.0. The summed E-state index contributed by atoms with van der Waals surface area (Å²) in [6.07, 6.45) is 1.53. The average molecular weight is 343 g/mol. The summed E-state index contributed by atoms with van der Waals surface area (Å²) in [5.41, 5.74) is 4.19. The molecule has 0 unspecified atom stereocenters. The second kappa shape index (κ2) is 6.76. The summed E-state index contributed by atoms with van der Waals surface area (Å²) in [6, 6.07) is 23.6. The molecule has 0 saturated heterocycles. The average Bonchev–Trinajstić information content (AvgIpc) is 3.11. The number of H-pyrrole nitrogens is 1. The van der Waals surface area contributed by atoms with E-state index in [-0.39, 0.29) is 5.56 Å². The van der Waals surface area contributed by atoms with Crippen LogP contribution in [0.1, 0.15) is 15.9 Å². The normalized spacial score (nSPS) is 10.8. The van der Waals surface area contributed by atoms with E-state index in [1.165, 1.54) is 6.20 Å². The summed E-state index contributed by atoms with van der Waals surface area (Å²) in [4.78, 5) is 14.3. The monoisotopic (exact) mass is 343 g/mol. The molecule has 0 amide bonds. The number of carboxylic acid groups (broad SMARTS) is 1. The van der Waals surface area contributed by atoms with E-state index in [0.29, 0.717) is 12.0 Å². The Morgan fingerprint density at radius 3 is 2.38 bits per heavy atom. The number of aromatic amines is 1.